The molecule has 1 aromatic heterocycles. The van der Waals surface area contributed by atoms with E-state index in [-0.39, 0.29) is 18.0 Å². The van der Waals surface area contributed by atoms with Gasteiger partial charge in [-0.05, 0) is 67.8 Å². The number of nitrogens with two attached hydrogens (primary N) is 1. The van der Waals surface area contributed by atoms with E-state index >= 15 is 0 Å². The average Bonchev–Trinajstić information content (AvgIpc) is 3.03. The van der Waals surface area contributed by atoms with Gasteiger partial charge in [-0.3, -0.25) is 0 Å². The van der Waals surface area contributed by atoms with Crippen LogP contribution in [-0.4, -0.2) is 23.9 Å². The Morgan fingerprint density at radius 2 is 2.13 bits per heavy atom. The first kappa shape index (κ1) is 24.2. The lowest BCUT2D eigenvalue weighted by Crippen LogP contribution is -2.12. The van der Waals surface area contributed by atoms with Crippen molar-refractivity contribution in [2.75, 3.05) is 11.9 Å². The van der Waals surface area contributed by atoms with Gasteiger partial charge in [0.05, 0.1) is 0 Å². The summed E-state index contributed by atoms with van der Waals surface area (Å²) in [5.41, 5.74) is 7.92. The van der Waals surface area contributed by atoms with Gasteiger partial charge in [0.1, 0.15) is 12.0 Å². The van der Waals surface area contributed by atoms with Gasteiger partial charge in [-0.2, -0.15) is 13.2 Å². The zero-order valence-corrected chi connectivity index (χ0v) is 17.6. The van der Waals surface area contributed by atoms with Gasteiger partial charge < -0.3 is 16.4 Å². The van der Waals surface area contributed by atoms with E-state index in [2.05, 4.69) is 22.2 Å². The van der Waals surface area contributed by atoms with Gasteiger partial charge in [0.25, 0.3) is 0 Å². The predicted molar refractivity (Wildman–Crippen MR) is 117 cm³/mol. The van der Waals surface area contributed by atoms with Crippen molar-refractivity contribution in [3.05, 3.63) is 83.5 Å². The predicted octanol–water partition coefficient (Wildman–Crippen LogP) is 5.31. The van der Waals surface area contributed by atoms with Crippen LogP contribution < -0.4 is 16.4 Å². The number of alkyl halides is 4. The van der Waals surface area contributed by atoms with Crippen LogP contribution in [-0.2, 0) is 6.42 Å². The lowest BCUT2D eigenvalue weighted by atomic mass is 9.92. The quantitative estimate of drug-likeness (QED) is 0.363. The molecule has 2 rings (SSSR count). The van der Waals surface area contributed by atoms with E-state index in [0.717, 1.165) is 36.8 Å². The molecule has 4 N–H and O–H groups in total. The molecule has 0 aromatic carbocycles. The van der Waals surface area contributed by atoms with E-state index in [0.29, 0.717) is 12.2 Å². The number of rotatable bonds is 9. The molecule has 0 bridgehead atoms. The molecule has 2 heterocycles. The number of hydrogen-bond acceptors (Lipinski definition) is 4. The normalized spacial score (nSPS) is 18.8. The summed E-state index contributed by atoms with van der Waals surface area (Å²) in [4.78, 5) is 4.33. The lowest BCUT2D eigenvalue weighted by molar-refractivity contribution is -0.0913. The topological polar surface area (TPSA) is 63.0 Å². The van der Waals surface area contributed by atoms with E-state index in [9.17, 15) is 17.6 Å². The Bertz CT molecular complexity index is 878. The molecule has 31 heavy (non-hydrogen) atoms. The molecule has 1 aromatic rings. The van der Waals surface area contributed by atoms with Gasteiger partial charge in [-0.15, -0.1) is 0 Å². The molecular formula is C23H28F4N4. The van der Waals surface area contributed by atoms with E-state index in [1.807, 2.05) is 18.3 Å². The zero-order chi connectivity index (χ0) is 23.0. The highest BCUT2D eigenvalue weighted by molar-refractivity contribution is 5.41. The summed E-state index contributed by atoms with van der Waals surface area (Å²) >= 11 is 0. The second-order valence-corrected chi connectivity index (χ2v) is 7.43. The van der Waals surface area contributed by atoms with Crippen molar-refractivity contribution in [2.24, 2.45) is 11.7 Å². The Labute approximate surface area is 180 Å². The van der Waals surface area contributed by atoms with Crippen LogP contribution in [0.15, 0.2) is 78.0 Å². The molecule has 0 radical (unpaired) electrons. The van der Waals surface area contributed by atoms with Crippen LogP contribution in [0.3, 0.4) is 0 Å². The minimum Gasteiger partial charge on any atom is -0.405 e. The SMILES string of the molecule is C=C1NC=C(Cc2ccc(NCC(=C/C(C)F)/C=C(\C)C(F)(F)F)nc2)C1C/C=C\N. The number of nitrogens with one attached hydrogen (secondary N) is 2. The van der Waals surface area contributed by atoms with Gasteiger partial charge >= 0.3 is 6.18 Å². The van der Waals surface area contributed by atoms with Crippen molar-refractivity contribution >= 4 is 5.82 Å². The number of halogens is 4. The average molecular weight is 436 g/mol. The molecular weight excluding hydrogens is 408 g/mol. The number of hydrogen-bond donors (Lipinski definition) is 3. The standard InChI is InChI=1S/C23H28F4N4/c1-15(23(25,26)27)9-19(10-16(2)24)13-31-22-7-6-18(12-30-22)11-20-14-29-17(3)21(20)5-4-8-28/h4,6-10,12,14,16,21,29H,3,5,11,13,28H2,1-2H3,(H,30,31)/b8-4-,15-9+,19-10+. The van der Waals surface area contributed by atoms with Gasteiger partial charge in [-0.25, -0.2) is 9.37 Å². The second-order valence-electron chi connectivity index (χ2n) is 7.43. The third kappa shape index (κ3) is 7.62. The minimum atomic E-state index is -4.45. The summed E-state index contributed by atoms with van der Waals surface area (Å²) in [5.74, 6) is 0.654. The third-order valence-corrected chi connectivity index (χ3v) is 4.82. The first-order valence-corrected chi connectivity index (χ1v) is 9.90. The summed E-state index contributed by atoms with van der Waals surface area (Å²) < 4.78 is 51.7. The van der Waals surface area contributed by atoms with Crippen molar-refractivity contribution in [3.63, 3.8) is 0 Å². The van der Waals surface area contributed by atoms with Gasteiger partial charge in [0, 0.05) is 36.1 Å². The first-order valence-electron chi connectivity index (χ1n) is 9.90. The van der Waals surface area contributed by atoms with E-state index in [1.165, 1.54) is 18.7 Å². The maximum Gasteiger partial charge on any atom is 0.412 e. The highest BCUT2D eigenvalue weighted by atomic mass is 19.4. The van der Waals surface area contributed by atoms with Crippen LogP contribution in [0.5, 0.6) is 0 Å². The number of nitrogens with zero attached hydrogens (tertiary/aromatic N) is 1. The Hall–Kier alpha value is -3.03. The van der Waals surface area contributed by atoms with E-state index in [1.54, 1.807) is 12.3 Å². The van der Waals surface area contributed by atoms with Crippen LogP contribution in [0.4, 0.5) is 23.4 Å². The fourth-order valence-corrected chi connectivity index (χ4v) is 3.17. The summed E-state index contributed by atoms with van der Waals surface area (Å²) in [7, 11) is 0. The highest BCUT2D eigenvalue weighted by Gasteiger charge is 2.30. The fraction of sp³-hybridized carbons (Fsp3) is 0.348. The van der Waals surface area contributed by atoms with Crippen molar-refractivity contribution in [1.82, 2.24) is 10.3 Å². The molecule has 8 heteroatoms. The zero-order valence-electron chi connectivity index (χ0n) is 17.6. The highest BCUT2D eigenvalue weighted by Crippen LogP contribution is 2.29. The maximum absolute atomic E-state index is 13.3. The molecule has 1 aliphatic heterocycles. The van der Waals surface area contributed by atoms with Crippen LogP contribution in [0.25, 0.3) is 0 Å². The Morgan fingerprint density at radius 3 is 2.71 bits per heavy atom. The fourth-order valence-electron chi connectivity index (χ4n) is 3.17. The monoisotopic (exact) mass is 436 g/mol. The van der Waals surface area contributed by atoms with Crippen molar-refractivity contribution < 1.29 is 17.6 Å². The van der Waals surface area contributed by atoms with Gasteiger partial charge in [-0.1, -0.05) is 18.7 Å². The number of allylic oxidation sites excluding steroid dienone is 4. The molecule has 0 fully saturated rings. The molecule has 4 nitrogen and oxygen atoms in total. The molecule has 2 atom stereocenters. The maximum atomic E-state index is 13.3. The van der Waals surface area contributed by atoms with Crippen molar-refractivity contribution in [2.45, 2.75) is 39.0 Å². The van der Waals surface area contributed by atoms with Gasteiger partial charge in [0.2, 0.25) is 0 Å². The van der Waals surface area contributed by atoms with E-state index < -0.39 is 17.9 Å². The molecule has 1 aliphatic rings. The largest absolute Gasteiger partial charge is 0.412 e. The second kappa shape index (κ2) is 10.8. The molecule has 0 amide bonds. The Kier molecular flexibility index (Phi) is 8.47. The molecule has 0 saturated heterocycles. The number of pyridine rings is 1. The Morgan fingerprint density at radius 1 is 1.39 bits per heavy atom. The van der Waals surface area contributed by atoms with E-state index in [4.69, 9.17) is 5.73 Å². The third-order valence-electron chi connectivity index (χ3n) is 4.82. The summed E-state index contributed by atoms with van der Waals surface area (Å²) in [5, 5.41) is 6.10. The summed E-state index contributed by atoms with van der Waals surface area (Å²) in [6.07, 6.45) is 4.77. The lowest BCUT2D eigenvalue weighted by Gasteiger charge is -2.14. The smallest absolute Gasteiger partial charge is 0.405 e. The Balaban J connectivity index is 2.02. The molecule has 2 unspecified atom stereocenters. The number of aromatic nitrogens is 1. The van der Waals surface area contributed by atoms with Crippen LogP contribution >= 0.6 is 0 Å². The molecule has 168 valence electrons. The van der Waals surface area contributed by atoms with Crippen molar-refractivity contribution in [1.29, 1.82) is 0 Å². The molecule has 0 saturated carbocycles. The van der Waals surface area contributed by atoms with Crippen LogP contribution in [0.1, 0.15) is 25.8 Å². The number of anilines is 1. The first-order chi connectivity index (χ1) is 14.6. The molecule has 0 spiro atoms. The summed E-state index contributed by atoms with van der Waals surface area (Å²) in [6.45, 7) is 6.27. The molecule has 0 aliphatic carbocycles. The van der Waals surface area contributed by atoms with Crippen LogP contribution in [0.2, 0.25) is 0 Å². The minimum absolute atomic E-state index is 0.0242. The van der Waals surface area contributed by atoms with Gasteiger partial charge in [0.15, 0.2) is 0 Å². The van der Waals surface area contributed by atoms with Crippen LogP contribution in [0, 0.1) is 5.92 Å². The van der Waals surface area contributed by atoms with Crippen molar-refractivity contribution in [3.8, 4) is 0 Å². The summed E-state index contributed by atoms with van der Waals surface area (Å²) in [6, 6.07) is 3.64.